The minimum absolute atomic E-state index is 0. The number of aromatic hydroxyl groups is 1. The number of rotatable bonds is 2. The molecule has 76 valence electrons. The van der Waals surface area contributed by atoms with Crippen molar-refractivity contribution in [3.05, 3.63) is 38.4 Å². The summed E-state index contributed by atoms with van der Waals surface area (Å²) in [7, 11) is 0. The van der Waals surface area contributed by atoms with Crippen molar-refractivity contribution in [2.24, 2.45) is 0 Å². The Morgan fingerprint density at radius 3 is 2.00 bits per heavy atom. The molecule has 0 saturated heterocycles. The van der Waals surface area contributed by atoms with Crippen LogP contribution in [0.3, 0.4) is 0 Å². The number of nitro benzene ring substituents is 2. The van der Waals surface area contributed by atoms with E-state index < -0.39 is 21.2 Å². The smallest absolute Gasteiger partial charge is 0.349 e. The lowest BCUT2D eigenvalue weighted by molar-refractivity contribution is -0.422. The van der Waals surface area contributed by atoms with Gasteiger partial charge in [0.05, 0.1) is 15.9 Å². The lowest BCUT2D eigenvalue weighted by atomic mass is 10.2. The predicted octanol–water partition coefficient (Wildman–Crippen LogP) is 1.84. The van der Waals surface area contributed by atoms with E-state index >= 15 is 0 Å². The zero-order valence-corrected chi connectivity index (χ0v) is 6.21. The second-order valence-electron chi connectivity index (χ2n) is 2.19. The first-order valence-electron chi connectivity index (χ1n) is 3.14. The Balaban J connectivity index is 0.00000169. The van der Waals surface area contributed by atoms with Gasteiger partial charge in [-0.15, -0.1) is 0 Å². The quantitative estimate of drug-likeness (QED) is 0.578. The van der Waals surface area contributed by atoms with Crippen molar-refractivity contribution in [1.82, 2.24) is 0 Å². The molecular formula is C7H8N2O5. The van der Waals surface area contributed by atoms with Crippen LogP contribution in [0.2, 0.25) is 0 Å². The highest BCUT2D eigenvalue weighted by molar-refractivity contribution is 5.55. The summed E-state index contributed by atoms with van der Waals surface area (Å²) in [5.41, 5.74) is -1.35. The van der Waals surface area contributed by atoms with Gasteiger partial charge in [-0.25, -0.2) is 0 Å². The topological polar surface area (TPSA) is 107 Å². The molecule has 0 bridgehead atoms. The lowest BCUT2D eigenvalue weighted by Crippen LogP contribution is -1.95. The third-order valence-electron chi connectivity index (χ3n) is 1.35. The van der Waals surface area contributed by atoms with Crippen LogP contribution in [0.5, 0.6) is 5.75 Å². The van der Waals surface area contributed by atoms with Crippen molar-refractivity contribution in [3.63, 3.8) is 0 Å². The van der Waals surface area contributed by atoms with Crippen LogP contribution in [-0.2, 0) is 0 Å². The second-order valence-corrected chi connectivity index (χ2v) is 2.19. The molecule has 0 heterocycles. The fourth-order valence-electron chi connectivity index (χ4n) is 0.812. The molecule has 1 rings (SSSR count). The molecule has 0 aliphatic rings. The Kier molecular flexibility index (Phi) is 3.52. The van der Waals surface area contributed by atoms with Crippen LogP contribution < -0.4 is 0 Å². The maximum absolute atomic E-state index is 10.3. The van der Waals surface area contributed by atoms with E-state index in [9.17, 15) is 20.2 Å². The highest BCUT2D eigenvalue weighted by Gasteiger charge is 2.23. The zero-order chi connectivity index (χ0) is 10.0. The SMILES string of the molecule is C.O=[N+]([O-])c1ccc(O)cc1[N+](=O)[O-]. The zero-order valence-electron chi connectivity index (χ0n) is 6.21. The van der Waals surface area contributed by atoms with Crippen LogP contribution in [-0.4, -0.2) is 15.0 Å². The molecule has 0 saturated carbocycles. The molecule has 0 aliphatic carbocycles. The monoisotopic (exact) mass is 200 g/mol. The van der Waals surface area contributed by atoms with Gasteiger partial charge in [-0.2, -0.15) is 0 Å². The van der Waals surface area contributed by atoms with Crippen molar-refractivity contribution in [1.29, 1.82) is 0 Å². The van der Waals surface area contributed by atoms with Gasteiger partial charge in [0.1, 0.15) is 5.75 Å². The van der Waals surface area contributed by atoms with Crippen molar-refractivity contribution in [3.8, 4) is 5.75 Å². The third kappa shape index (κ3) is 2.16. The maximum Gasteiger partial charge on any atom is 0.349 e. The molecule has 0 aliphatic heterocycles. The summed E-state index contributed by atoms with van der Waals surface area (Å²) in [6.07, 6.45) is 0. The summed E-state index contributed by atoms with van der Waals surface area (Å²) in [5.74, 6) is -0.377. The molecule has 0 radical (unpaired) electrons. The van der Waals surface area contributed by atoms with E-state index in [0.29, 0.717) is 0 Å². The average Bonchev–Trinajstić information content (AvgIpc) is 2.03. The molecule has 0 fully saturated rings. The molecule has 1 N–H and O–H groups in total. The van der Waals surface area contributed by atoms with Gasteiger partial charge < -0.3 is 5.11 Å². The van der Waals surface area contributed by atoms with Gasteiger partial charge in [-0.05, 0) is 6.07 Å². The number of phenols is 1. The number of phenolic OH excluding ortho intramolecular Hbond substituents is 1. The number of nitrogens with zero attached hydrogens (tertiary/aromatic N) is 2. The second kappa shape index (κ2) is 4.17. The van der Waals surface area contributed by atoms with E-state index in [1.165, 1.54) is 0 Å². The van der Waals surface area contributed by atoms with Crippen LogP contribution >= 0.6 is 0 Å². The molecule has 0 amide bonds. The van der Waals surface area contributed by atoms with Crippen LogP contribution in [0.15, 0.2) is 18.2 Å². The predicted molar refractivity (Wildman–Crippen MR) is 48.1 cm³/mol. The Hall–Kier alpha value is -2.18. The fraction of sp³-hybridized carbons (Fsp3) is 0.143. The third-order valence-corrected chi connectivity index (χ3v) is 1.35. The maximum atomic E-state index is 10.3. The molecule has 14 heavy (non-hydrogen) atoms. The van der Waals surface area contributed by atoms with Crippen molar-refractivity contribution in [2.75, 3.05) is 0 Å². The van der Waals surface area contributed by atoms with Crippen molar-refractivity contribution < 1.29 is 15.0 Å². The number of hydrogen-bond acceptors (Lipinski definition) is 5. The fourth-order valence-corrected chi connectivity index (χ4v) is 0.812. The van der Waals surface area contributed by atoms with Crippen LogP contribution in [0.25, 0.3) is 0 Å². The molecule has 7 heteroatoms. The largest absolute Gasteiger partial charge is 0.508 e. The molecule has 0 aromatic heterocycles. The number of hydrogen-bond donors (Lipinski definition) is 1. The highest BCUT2D eigenvalue weighted by atomic mass is 16.6. The highest BCUT2D eigenvalue weighted by Crippen LogP contribution is 2.29. The average molecular weight is 200 g/mol. The minimum atomic E-state index is -0.919. The Morgan fingerprint density at radius 2 is 1.57 bits per heavy atom. The van der Waals surface area contributed by atoms with E-state index in [2.05, 4.69) is 0 Å². The van der Waals surface area contributed by atoms with Gasteiger partial charge in [-0.1, -0.05) is 7.43 Å². The first kappa shape index (κ1) is 11.8. The molecule has 1 aromatic rings. The first-order chi connectivity index (χ1) is 6.02. The minimum Gasteiger partial charge on any atom is -0.508 e. The normalized spacial score (nSPS) is 8.86. The van der Waals surface area contributed by atoms with Crippen LogP contribution in [0.1, 0.15) is 7.43 Å². The van der Waals surface area contributed by atoms with Crippen LogP contribution in [0.4, 0.5) is 11.4 Å². The molecule has 0 spiro atoms. The van der Waals surface area contributed by atoms with E-state index in [1.807, 2.05) is 0 Å². The van der Waals surface area contributed by atoms with Gasteiger partial charge in [0.25, 0.3) is 0 Å². The van der Waals surface area contributed by atoms with Gasteiger partial charge >= 0.3 is 11.4 Å². The van der Waals surface area contributed by atoms with E-state index in [1.54, 1.807) is 0 Å². The summed E-state index contributed by atoms with van der Waals surface area (Å²) in [4.78, 5) is 18.7. The van der Waals surface area contributed by atoms with E-state index in [4.69, 9.17) is 5.11 Å². The van der Waals surface area contributed by atoms with Crippen molar-refractivity contribution in [2.45, 2.75) is 7.43 Å². The van der Waals surface area contributed by atoms with Gasteiger partial charge in [-0.3, -0.25) is 20.2 Å². The van der Waals surface area contributed by atoms with Gasteiger partial charge in [0.2, 0.25) is 0 Å². The summed E-state index contributed by atoms with van der Waals surface area (Å²) < 4.78 is 0. The van der Waals surface area contributed by atoms with Gasteiger partial charge in [0, 0.05) is 6.07 Å². The lowest BCUT2D eigenvalue weighted by Gasteiger charge is -1.94. The molecular weight excluding hydrogens is 192 g/mol. The van der Waals surface area contributed by atoms with Gasteiger partial charge in [0.15, 0.2) is 0 Å². The Labute approximate surface area is 78.9 Å². The first-order valence-corrected chi connectivity index (χ1v) is 3.14. The number of nitro groups is 2. The standard InChI is InChI=1S/C6H4N2O5.CH4/c9-4-1-2-5(7(10)11)6(3-4)8(12)13;/h1-3,9H;1H4. The number of benzene rings is 1. The summed E-state index contributed by atoms with van der Waals surface area (Å²) in [6.45, 7) is 0. The van der Waals surface area contributed by atoms with E-state index in [0.717, 1.165) is 18.2 Å². The summed E-state index contributed by atoms with van der Waals surface area (Å²) in [6, 6.07) is 2.64. The summed E-state index contributed by atoms with van der Waals surface area (Å²) in [5, 5.41) is 29.4. The van der Waals surface area contributed by atoms with E-state index in [-0.39, 0.29) is 13.2 Å². The van der Waals surface area contributed by atoms with Crippen molar-refractivity contribution >= 4 is 11.4 Å². The van der Waals surface area contributed by atoms with Crippen LogP contribution in [0, 0.1) is 20.2 Å². The molecule has 7 nitrogen and oxygen atoms in total. The molecule has 1 aromatic carbocycles. The summed E-state index contributed by atoms with van der Waals surface area (Å²) >= 11 is 0. The molecule has 0 unspecified atom stereocenters. The molecule has 0 atom stereocenters. The Bertz CT molecular complexity index is 376. The Morgan fingerprint density at radius 1 is 1.07 bits per heavy atom.